The third-order valence-corrected chi connectivity index (χ3v) is 2.31. The Morgan fingerprint density at radius 2 is 2.40 bits per heavy atom. The molecule has 0 radical (unpaired) electrons. The van der Waals surface area contributed by atoms with E-state index in [-0.39, 0.29) is 5.02 Å². The van der Waals surface area contributed by atoms with Crippen LogP contribution in [0.1, 0.15) is 23.7 Å². The molecule has 1 aromatic carbocycles. The van der Waals surface area contributed by atoms with E-state index in [1.807, 2.05) is 13.0 Å². The fourth-order valence-corrected chi connectivity index (χ4v) is 1.28. The summed E-state index contributed by atoms with van der Waals surface area (Å²) in [5, 5.41) is 8.97. The number of carbonyl (C=O) groups excluding carboxylic acids is 1. The Kier molecular flexibility index (Phi) is 4.14. The number of carbonyl (C=O) groups is 1. The Bertz CT molecular complexity index is 398. The minimum Gasteiger partial charge on any atom is -0.474 e. The van der Waals surface area contributed by atoms with Crippen molar-refractivity contribution in [1.82, 2.24) is 0 Å². The van der Waals surface area contributed by atoms with Gasteiger partial charge in [0, 0.05) is 5.56 Å². The van der Waals surface area contributed by atoms with Gasteiger partial charge >= 0.3 is 0 Å². The highest BCUT2D eigenvalue weighted by molar-refractivity contribution is 6.34. The smallest absolute Gasteiger partial charge is 0.184 e. The Balaban J connectivity index is 2.96. The van der Waals surface area contributed by atoms with E-state index in [4.69, 9.17) is 21.6 Å². The molecule has 78 valence electrons. The normalized spacial score (nSPS) is 11.5. The Labute approximate surface area is 93.2 Å². The molecule has 0 aliphatic heterocycles. The van der Waals surface area contributed by atoms with Crippen molar-refractivity contribution in [2.45, 2.75) is 19.4 Å². The summed E-state index contributed by atoms with van der Waals surface area (Å²) in [6.07, 6.45) is 0.685. The maximum absolute atomic E-state index is 10.6. The van der Waals surface area contributed by atoms with Gasteiger partial charge in [-0.3, -0.25) is 4.79 Å². The second-order valence-corrected chi connectivity index (χ2v) is 3.30. The molecule has 0 saturated carbocycles. The molecular weight excluding hydrogens is 214 g/mol. The van der Waals surface area contributed by atoms with E-state index >= 15 is 0 Å². The molecule has 15 heavy (non-hydrogen) atoms. The van der Waals surface area contributed by atoms with Crippen LogP contribution in [0.4, 0.5) is 0 Å². The van der Waals surface area contributed by atoms with E-state index in [0.29, 0.717) is 24.0 Å². The quantitative estimate of drug-likeness (QED) is 0.738. The van der Waals surface area contributed by atoms with E-state index < -0.39 is 6.10 Å². The summed E-state index contributed by atoms with van der Waals surface area (Å²) in [6, 6.07) is 6.88. The first-order valence-electron chi connectivity index (χ1n) is 4.52. The molecular formula is C11H10ClNO2. The molecule has 1 aromatic rings. The van der Waals surface area contributed by atoms with Gasteiger partial charge in [0.1, 0.15) is 11.8 Å². The van der Waals surface area contributed by atoms with E-state index in [9.17, 15) is 4.79 Å². The van der Waals surface area contributed by atoms with Crippen molar-refractivity contribution in [3.8, 4) is 11.8 Å². The van der Waals surface area contributed by atoms with Gasteiger partial charge in [-0.15, -0.1) is 0 Å². The van der Waals surface area contributed by atoms with Gasteiger partial charge in [-0.1, -0.05) is 24.6 Å². The van der Waals surface area contributed by atoms with Crippen LogP contribution in [0.3, 0.4) is 0 Å². The number of nitrogens with zero attached hydrogens (tertiary/aromatic N) is 1. The number of benzene rings is 1. The fraction of sp³-hybridized carbons (Fsp3) is 0.273. The zero-order valence-electron chi connectivity index (χ0n) is 8.24. The van der Waals surface area contributed by atoms with Gasteiger partial charge in [0.05, 0.1) is 5.02 Å². The lowest BCUT2D eigenvalue weighted by atomic mass is 10.2. The molecule has 0 amide bonds. The monoisotopic (exact) mass is 223 g/mol. The van der Waals surface area contributed by atoms with Gasteiger partial charge < -0.3 is 4.74 Å². The lowest BCUT2D eigenvalue weighted by molar-refractivity contribution is 0.112. The molecule has 0 N–H and O–H groups in total. The van der Waals surface area contributed by atoms with Gasteiger partial charge in [0.15, 0.2) is 12.4 Å². The van der Waals surface area contributed by atoms with Crippen LogP contribution in [-0.4, -0.2) is 12.4 Å². The zero-order valence-corrected chi connectivity index (χ0v) is 8.99. The van der Waals surface area contributed by atoms with Crippen LogP contribution in [0.25, 0.3) is 0 Å². The minimum absolute atomic E-state index is 0.251. The van der Waals surface area contributed by atoms with Crippen LogP contribution in [0, 0.1) is 11.3 Å². The van der Waals surface area contributed by atoms with Crippen molar-refractivity contribution >= 4 is 17.9 Å². The van der Waals surface area contributed by atoms with E-state index in [1.165, 1.54) is 0 Å². The number of nitriles is 1. The van der Waals surface area contributed by atoms with Crippen molar-refractivity contribution in [2.75, 3.05) is 0 Å². The summed E-state index contributed by atoms with van der Waals surface area (Å²) >= 11 is 5.90. The number of aldehydes is 1. The van der Waals surface area contributed by atoms with Gasteiger partial charge in [-0.05, 0) is 18.6 Å². The molecule has 4 heteroatoms. The standard InChI is InChI=1S/C11H10ClNO2/c1-2-9(6-13)15-10-5-3-4-8(7-14)11(10)12/h3-5,7,9H,2H2,1H3. The van der Waals surface area contributed by atoms with Crippen LogP contribution in [0.5, 0.6) is 5.75 Å². The fourth-order valence-electron chi connectivity index (χ4n) is 1.06. The van der Waals surface area contributed by atoms with Crippen LogP contribution in [0.2, 0.25) is 5.02 Å². The maximum Gasteiger partial charge on any atom is 0.184 e. The number of hydrogen-bond donors (Lipinski definition) is 0. The minimum atomic E-state index is -0.538. The van der Waals surface area contributed by atoms with Gasteiger partial charge in [-0.25, -0.2) is 0 Å². The first-order chi connectivity index (χ1) is 7.22. The highest BCUT2D eigenvalue weighted by atomic mass is 35.5. The van der Waals surface area contributed by atoms with Crippen molar-refractivity contribution in [2.24, 2.45) is 0 Å². The van der Waals surface area contributed by atoms with Crippen LogP contribution in [0.15, 0.2) is 18.2 Å². The zero-order chi connectivity index (χ0) is 11.3. The predicted molar refractivity (Wildman–Crippen MR) is 57.2 cm³/mol. The molecule has 0 aliphatic carbocycles. The van der Waals surface area contributed by atoms with Crippen LogP contribution < -0.4 is 4.74 Å². The van der Waals surface area contributed by atoms with E-state index in [0.717, 1.165) is 0 Å². The molecule has 0 aromatic heterocycles. The third kappa shape index (κ3) is 2.71. The molecule has 3 nitrogen and oxygen atoms in total. The Morgan fingerprint density at radius 3 is 2.93 bits per heavy atom. The number of rotatable bonds is 4. The van der Waals surface area contributed by atoms with Crippen LogP contribution in [-0.2, 0) is 0 Å². The molecule has 1 atom stereocenters. The molecule has 0 bridgehead atoms. The molecule has 1 unspecified atom stereocenters. The Hall–Kier alpha value is -1.53. The van der Waals surface area contributed by atoms with Crippen molar-refractivity contribution in [1.29, 1.82) is 5.26 Å². The summed E-state index contributed by atoms with van der Waals surface area (Å²) < 4.78 is 5.33. The largest absolute Gasteiger partial charge is 0.474 e. The second-order valence-electron chi connectivity index (χ2n) is 2.92. The van der Waals surface area contributed by atoms with Crippen molar-refractivity contribution < 1.29 is 9.53 Å². The second kappa shape index (κ2) is 5.38. The SMILES string of the molecule is CCC(C#N)Oc1cccc(C=O)c1Cl. The van der Waals surface area contributed by atoms with Gasteiger partial charge in [0.25, 0.3) is 0 Å². The van der Waals surface area contributed by atoms with Gasteiger partial charge in [-0.2, -0.15) is 5.26 Å². The molecule has 1 rings (SSSR count). The highest BCUT2D eigenvalue weighted by Gasteiger charge is 2.11. The number of halogens is 1. The molecule has 0 spiro atoms. The third-order valence-electron chi connectivity index (χ3n) is 1.90. The summed E-state index contributed by atoms with van der Waals surface area (Å²) in [6.45, 7) is 1.84. The predicted octanol–water partition coefficient (Wildman–Crippen LogP) is 2.83. The van der Waals surface area contributed by atoms with Crippen LogP contribution >= 0.6 is 11.6 Å². The topological polar surface area (TPSA) is 50.1 Å². The average Bonchev–Trinajstić information content (AvgIpc) is 2.28. The van der Waals surface area contributed by atoms with Gasteiger partial charge in [0.2, 0.25) is 0 Å². The summed E-state index contributed by atoms with van der Waals surface area (Å²) in [5.74, 6) is 0.370. The van der Waals surface area contributed by atoms with E-state index in [1.54, 1.807) is 18.2 Å². The molecule has 0 aliphatic rings. The molecule has 0 saturated heterocycles. The number of hydrogen-bond acceptors (Lipinski definition) is 3. The van der Waals surface area contributed by atoms with Crippen molar-refractivity contribution in [3.63, 3.8) is 0 Å². The lowest BCUT2D eigenvalue weighted by Crippen LogP contribution is -2.12. The highest BCUT2D eigenvalue weighted by Crippen LogP contribution is 2.28. The lowest BCUT2D eigenvalue weighted by Gasteiger charge is -2.12. The Morgan fingerprint density at radius 1 is 1.67 bits per heavy atom. The summed E-state index contributed by atoms with van der Waals surface area (Å²) in [5.41, 5.74) is 0.363. The molecule has 0 heterocycles. The maximum atomic E-state index is 10.6. The van der Waals surface area contributed by atoms with E-state index in [2.05, 4.69) is 0 Å². The first kappa shape index (κ1) is 11.5. The first-order valence-corrected chi connectivity index (χ1v) is 4.90. The molecule has 0 fully saturated rings. The summed E-state index contributed by atoms with van der Waals surface area (Å²) in [4.78, 5) is 10.6. The number of ether oxygens (including phenoxy) is 1. The van der Waals surface area contributed by atoms with Crippen molar-refractivity contribution in [3.05, 3.63) is 28.8 Å². The summed E-state index contributed by atoms with van der Waals surface area (Å²) in [7, 11) is 0. The average molecular weight is 224 g/mol.